The summed E-state index contributed by atoms with van der Waals surface area (Å²) in [7, 11) is 0. The lowest BCUT2D eigenvalue weighted by Crippen LogP contribution is -2.32. The maximum Gasteiger partial charge on any atom is 0.374 e. The van der Waals surface area contributed by atoms with Crippen LogP contribution < -0.4 is 4.74 Å². The number of aliphatic carboxylic acids is 2. The molecule has 180 valence electrons. The monoisotopic (exact) mass is 474 g/mol. The highest BCUT2D eigenvalue weighted by Crippen LogP contribution is 2.34. The fraction of sp³-hybridized carbons (Fsp3) is 0.583. The van der Waals surface area contributed by atoms with Crippen LogP contribution in [0.4, 0.5) is 8.78 Å². The third-order valence-corrected chi connectivity index (χ3v) is 5.90. The first-order valence-corrected chi connectivity index (χ1v) is 11.2. The van der Waals surface area contributed by atoms with E-state index in [1.165, 1.54) is 6.92 Å². The van der Waals surface area contributed by atoms with Crippen molar-refractivity contribution in [2.45, 2.75) is 72.1 Å². The summed E-state index contributed by atoms with van der Waals surface area (Å²) in [6, 6.07) is 5.31. The van der Waals surface area contributed by atoms with Crippen molar-refractivity contribution in [1.82, 2.24) is 0 Å². The minimum Gasteiger partial charge on any atom is -0.494 e. The zero-order valence-corrected chi connectivity index (χ0v) is 19.8. The van der Waals surface area contributed by atoms with Crippen LogP contribution in [-0.2, 0) is 9.59 Å². The number of carboxylic acids is 2. The first kappa shape index (κ1) is 27.9. The van der Waals surface area contributed by atoms with Gasteiger partial charge >= 0.3 is 17.9 Å². The zero-order chi connectivity index (χ0) is 24.5. The van der Waals surface area contributed by atoms with Gasteiger partial charge < -0.3 is 14.9 Å². The number of rotatable bonds is 14. The fourth-order valence-corrected chi connectivity index (χ4v) is 3.54. The number of hydrogen-bond donors (Lipinski definition) is 2. The summed E-state index contributed by atoms with van der Waals surface area (Å²) in [6.07, 6.45) is 1.27. The fourth-order valence-electron chi connectivity index (χ4n) is 3.42. The van der Waals surface area contributed by atoms with E-state index in [9.17, 15) is 23.5 Å². The van der Waals surface area contributed by atoms with E-state index < -0.39 is 30.2 Å². The lowest BCUT2D eigenvalue weighted by molar-refractivity contribution is -0.167. The van der Waals surface area contributed by atoms with Crippen LogP contribution in [0, 0.1) is 18.8 Å². The number of alkyl halides is 2. The molecule has 1 aromatic rings. The third-order valence-electron chi connectivity index (χ3n) is 5.47. The van der Waals surface area contributed by atoms with Gasteiger partial charge in [0.05, 0.1) is 6.61 Å². The molecular formula is C24H33ClF2O5. The van der Waals surface area contributed by atoms with Crippen molar-refractivity contribution in [2.24, 2.45) is 11.8 Å². The largest absolute Gasteiger partial charge is 0.494 e. The molecule has 0 heterocycles. The Morgan fingerprint density at radius 1 is 1.16 bits per heavy atom. The number of halogens is 3. The maximum atomic E-state index is 13.9. The van der Waals surface area contributed by atoms with Crippen LogP contribution in [0.1, 0.15) is 64.9 Å². The average Bonchev–Trinajstić information content (AvgIpc) is 2.69. The first-order valence-electron chi connectivity index (χ1n) is 10.8. The van der Waals surface area contributed by atoms with E-state index in [2.05, 4.69) is 0 Å². The van der Waals surface area contributed by atoms with Crippen molar-refractivity contribution in [3.63, 3.8) is 0 Å². The van der Waals surface area contributed by atoms with Crippen molar-refractivity contribution < 1.29 is 33.3 Å². The molecule has 0 spiro atoms. The Balaban J connectivity index is 2.82. The molecule has 0 saturated carbocycles. The molecule has 32 heavy (non-hydrogen) atoms. The predicted molar refractivity (Wildman–Crippen MR) is 121 cm³/mol. The first-order chi connectivity index (χ1) is 14.8. The Morgan fingerprint density at radius 3 is 2.34 bits per heavy atom. The summed E-state index contributed by atoms with van der Waals surface area (Å²) in [4.78, 5) is 22.8. The molecule has 0 aliphatic carbocycles. The van der Waals surface area contributed by atoms with Gasteiger partial charge in [-0.3, -0.25) is 0 Å². The number of allylic oxidation sites excluding steroid dienone is 1. The molecule has 0 aliphatic rings. The van der Waals surface area contributed by atoms with E-state index in [1.54, 1.807) is 12.1 Å². The quantitative estimate of drug-likeness (QED) is 0.230. The second-order valence-electron chi connectivity index (χ2n) is 8.57. The number of hydrogen-bond acceptors (Lipinski definition) is 3. The lowest BCUT2D eigenvalue weighted by Gasteiger charge is -2.24. The summed E-state index contributed by atoms with van der Waals surface area (Å²) < 4.78 is 33.5. The summed E-state index contributed by atoms with van der Waals surface area (Å²) in [5, 5.41) is 19.1. The lowest BCUT2D eigenvalue weighted by atomic mass is 9.83. The number of unbranched alkanes of at least 4 members (excludes halogenated alkanes) is 1. The third kappa shape index (κ3) is 9.15. The Morgan fingerprint density at radius 2 is 1.81 bits per heavy atom. The Bertz CT molecular complexity index is 821. The van der Waals surface area contributed by atoms with Crippen molar-refractivity contribution in [3.8, 4) is 5.75 Å². The van der Waals surface area contributed by atoms with Gasteiger partial charge in [0, 0.05) is 17.0 Å². The molecule has 0 radical (unpaired) electrons. The second-order valence-corrected chi connectivity index (χ2v) is 8.97. The Hall–Kier alpha value is -2.15. The molecule has 0 aliphatic heterocycles. The topological polar surface area (TPSA) is 83.8 Å². The molecule has 2 N–H and O–H groups in total. The standard InChI is InChI=1S/C24H33ClF2O5/c1-15(2)8-9-18(14-24(26,27)23(30)31)17(4)20(22(28)29)7-5-6-12-32-19-10-11-21(25)16(3)13-19/h10-11,13,15,18H,5-9,12,14H2,1-4H3,(H,28,29)(H,30,31)/b20-17-. The van der Waals surface area contributed by atoms with Crippen LogP contribution in [0.5, 0.6) is 5.75 Å². The van der Waals surface area contributed by atoms with Gasteiger partial charge in [-0.05, 0) is 75.1 Å². The molecule has 0 amide bonds. The molecule has 8 heteroatoms. The van der Waals surface area contributed by atoms with Crippen LogP contribution in [0.3, 0.4) is 0 Å². The van der Waals surface area contributed by atoms with Gasteiger partial charge in [-0.2, -0.15) is 8.78 Å². The predicted octanol–water partition coefficient (Wildman–Crippen LogP) is 6.76. The zero-order valence-electron chi connectivity index (χ0n) is 19.1. The van der Waals surface area contributed by atoms with Crippen LogP contribution in [-0.4, -0.2) is 34.7 Å². The van der Waals surface area contributed by atoms with Crippen LogP contribution >= 0.6 is 11.6 Å². The molecule has 1 atom stereocenters. The SMILES string of the molecule is C/C(=C(\CCCCOc1ccc(Cl)c(C)c1)C(=O)O)C(CCC(C)C)CC(F)(F)C(=O)O. The molecule has 5 nitrogen and oxygen atoms in total. The van der Waals surface area contributed by atoms with Crippen molar-refractivity contribution in [2.75, 3.05) is 6.61 Å². The number of carboxylic acid groups (broad SMARTS) is 2. The minimum atomic E-state index is -3.91. The minimum absolute atomic E-state index is 0.0716. The van der Waals surface area contributed by atoms with E-state index in [-0.39, 0.29) is 17.9 Å². The molecule has 0 saturated heterocycles. The Labute approximate surface area is 193 Å². The highest BCUT2D eigenvalue weighted by Gasteiger charge is 2.41. The Kier molecular flexibility index (Phi) is 11.1. The highest BCUT2D eigenvalue weighted by atomic mass is 35.5. The average molecular weight is 475 g/mol. The van der Waals surface area contributed by atoms with Crippen LogP contribution in [0.25, 0.3) is 0 Å². The van der Waals surface area contributed by atoms with Crippen molar-refractivity contribution in [1.29, 1.82) is 0 Å². The van der Waals surface area contributed by atoms with E-state index in [4.69, 9.17) is 21.4 Å². The number of benzene rings is 1. The van der Waals surface area contributed by atoms with Gasteiger partial charge in [0.15, 0.2) is 0 Å². The smallest absolute Gasteiger partial charge is 0.374 e. The van der Waals surface area contributed by atoms with Crippen LogP contribution in [0.15, 0.2) is 29.3 Å². The number of carbonyl (C=O) groups is 2. The van der Waals surface area contributed by atoms with Gasteiger partial charge in [-0.1, -0.05) is 37.4 Å². The second kappa shape index (κ2) is 12.8. The summed E-state index contributed by atoms with van der Waals surface area (Å²) in [6.45, 7) is 7.64. The number of ether oxygens (including phenoxy) is 1. The maximum absolute atomic E-state index is 13.9. The molecular weight excluding hydrogens is 442 g/mol. The van der Waals surface area contributed by atoms with Gasteiger partial charge in [-0.25, -0.2) is 9.59 Å². The van der Waals surface area contributed by atoms with Gasteiger partial charge in [0.1, 0.15) is 5.75 Å². The van der Waals surface area contributed by atoms with E-state index in [1.807, 2.05) is 26.8 Å². The van der Waals surface area contributed by atoms with E-state index in [0.29, 0.717) is 48.6 Å². The molecule has 1 rings (SSSR count). The molecule has 0 bridgehead atoms. The summed E-state index contributed by atoms with van der Waals surface area (Å²) >= 11 is 5.99. The van der Waals surface area contributed by atoms with E-state index in [0.717, 1.165) is 5.56 Å². The van der Waals surface area contributed by atoms with E-state index >= 15 is 0 Å². The summed E-state index contributed by atoms with van der Waals surface area (Å²) in [5.41, 5.74) is 1.29. The van der Waals surface area contributed by atoms with Crippen molar-refractivity contribution >= 4 is 23.5 Å². The van der Waals surface area contributed by atoms with Gasteiger partial charge in [-0.15, -0.1) is 0 Å². The number of aryl methyl sites for hydroxylation is 1. The molecule has 0 aromatic heterocycles. The van der Waals surface area contributed by atoms with Gasteiger partial charge in [0.2, 0.25) is 0 Å². The summed E-state index contributed by atoms with van der Waals surface area (Å²) in [5.74, 6) is -7.18. The van der Waals surface area contributed by atoms with Crippen molar-refractivity contribution in [3.05, 3.63) is 39.9 Å². The van der Waals surface area contributed by atoms with Crippen LogP contribution in [0.2, 0.25) is 5.02 Å². The molecule has 1 unspecified atom stereocenters. The molecule has 1 aromatic carbocycles. The van der Waals surface area contributed by atoms with Gasteiger partial charge in [0.25, 0.3) is 0 Å². The highest BCUT2D eigenvalue weighted by molar-refractivity contribution is 6.31. The molecule has 0 fully saturated rings. The normalized spacial score (nSPS) is 13.6.